The minimum Gasteiger partial charge on any atom is -0.321 e. The van der Waals surface area contributed by atoms with Gasteiger partial charge in [-0.05, 0) is 18.6 Å². The third kappa shape index (κ3) is 2.40. The predicted octanol–water partition coefficient (Wildman–Crippen LogP) is 2.56. The van der Waals surface area contributed by atoms with Crippen LogP contribution < -0.4 is 11.3 Å². The number of H-pyrrole nitrogens is 1. The van der Waals surface area contributed by atoms with Crippen molar-refractivity contribution in [3.05, 3.63) is 51.8 Å². The summed E-state index contributed by atoms with van der Waals surface area (Å²) in [6, 6.07) is 4.88. The number of fused-ring (bicyclic) bond motifs is 1. The first kappa shape index (κ1) is 14.7. The summed E-state index contributed by atoms with van der Waals surface area (Å²) < 4.78 is 1.48. The van der Waals surface area contributed by atoms with Gasteiger partial charge in [-0.25, -0.2) is 4.98 Å². The second kappa shape index (κ2) is 5.90. The summed E-state index contributed by atoms with van der Waals surface area (Å²) in [5, 5.41) is 7.37. The Morgan fingerprint density at radius 1 is 1.45 bits per heavy atom. The Morgan fingerprint density at radius 3 is 2.95 bits per heavy atom. The van der Waals surface area contributed by atoms with E-state index in [1.54, 1.807) is 30.6 Å². The number of benzene rings is 1. The molecule has 0 aliphatic carbocycles. The number of hydrogen-bond donors (Lipinski definition) is 2. The molecule has 3 rings (SSSR count). The van der Waals surface area contributed by atoms with Crippen LogP contribution in [0.2, 0.25) is 5.02 Å². The maximum Gasteiger partial charge on any atom is 0.267 e. The predicted molar refractivity (Wildman–Crippen MR) is 86.3 cm³/mol. The first-order chi connectivity index (χ1) is 10.6. The first-order valence-corrected chi connectivity index (χ1v) is 7.47. The van der Waals surface area contributed by atoms with Crippen molar-refractivity contribution in [3.63, 3.8) is 0 Å². The molecule has 2 aromatic heterocycles. The van der Waals surface area contributed by atoms with Gasteiger partial charge in [0.1, 0.15) is 5.82 Å². The summed E-state index contributed by atoms with van der Waals surface area (Å²) in [6.45, 7) is 2.04. The van der Waals surface area contributed by atoms with Crippen molar-refractivity contribution in [2.24, 2.45) is 5.73 Å². The van der Waals surface area contributed by atoms with E-state index in [2.05, 4.69) is 15.2 Å². The summed E-state index contributed by atoms with van der Waals surface area (Å²) in [6.07, 6.45) is 4.83. The molecule has 2 heterocycles. The lowest BCUT2D eigenvalue weighted by molar-refractivity contribution is 0.583. The fourth-order valence-corrected chi connectivity index (χ4v) is 2.76. The molecule has 0 saturated carbocycles. The van der Waals surface area contributed by atoms with Crippen LogP contribution >= 0.6 is 11.6 Å². The van der Waals surface area contributed by atoms with Gasteiger partial charge in [-0.1, -0.05) is 31.0 Å². The first-order valence-electron chi connectivity index (χ1n) is 7.09. The van der Waals surface area contributed by atoms with Crippen LogP contribution in [-0.4, -0.2) is 19.7 Å². The number of aromatic nitrogens is 4. The number of halogens is 1. The number of hydrogen-bond acceptors (Lipinski definition) is 4. The lowest BCUT2D eigenvalue weighted by atomic mass is 10.1. The largest absolute Gasteiger partial charge is 0.321 e. The molecule has 1 aromatic carbocycles. The van der Waals surface area contributed by atoms with E-state index < -0.39 is 0 Å². The van der Waals surface area contributed by atoms with Crippen LogP contribution in [0.15, 0.2) is 35.4 Å². The van der Waals surface area contributed by atoms with Crippen LogP contribution in [0.25, 0.3) is 16.6 Å². The number of nitrogens with two attached hydrogens (primary N) is 1. The Morgan fingerprint density at radius 2 is 2.27 bits per heavy atom. The van der Waals surface area contributed by atoms with Gasteiger partial charge in [-0.3, -0.25) is 14.5 Å². The van der Waals surface area contributed by atoms with Crippen molar-refractivity contribution in [1.82, 2.24) is 19.7 Å². The average Bonchev–Trinajstić information content (AvgIpc) is 3.01. The van der Waals surface area contributed by atoms with E-state index in [1.165, 1.54) is 4.57 Å². The van der Waals surface area contributed by atoms with E-state index in [0.29, 0.717) is 27.4 Å². The lowest BCUT2D eigenvalue weighted by Crippen LogP contribution is -2.28. The van der Waals surface area contributed by atoms with E-state index in [9.17, 15) is 4.79 Å². The van der Waals surface area contributed by atoms with Gasteiger partial charge >= 0.3 is 0 Å². The van der Waals surface area contributed by atoms with Gasteiger partial charge in [0, 0.05) is 6.20 Å². The number of aromatic amines is 1. The molecule has 0 aliphatic heterocycles. The Labute approximate surface area is 131 Å². The van der Waals surface area contributed by atoms with Crippen molar-refractivity contribution >= 4 is 22.5 Å². The normalized spacial score (nSPS) is 12.7. The second-order valence-electron chi connectivity index (χ2n) is 5.10. The average molecular weight is 318 g/mol. The number of nitrogens with zero attached hydrogens (tertiary/aromatic N) is 3. The zero-order chi connectivity index (χ0) is 15.7. The molecule has 0 spiro atoms. The van der Waals surface area contributed by atoms with Crippen LogP contribution in [0.1, 0.15) is 31.6 Å². The molecule has 6 nitrogen and oxygen atoms in total. The van der Waals surface area contributed by atoms with Crippen LogP contribution in [0.5, 0.6) is 0 Å². The second-order valence-corrected chi connectivity index (χ2v) is 5.50. The van der Waals surface area contributed by atoms with E-state index in [4.69, 9.17) is 17.3 Å². The molecule has 1 atom stereocenters. The Balaban J connectivity index is 2.38. The van der Waals surface area contributed by atoms with E-state index in [-0.39, 0.29) is 11.6 Å². The monoisotopic (exact) mass is 317 g/mol. The van der Waals surface area contributed by atoms with E-state index in [0.717, 1.165) is 12.8 Å². The third-order valence-corrected chi connectivity index (χ3v) is 3.86. The molecule has 1 unspecified atom stereocenters. The molecular formula is C15H16ClN5O. The Bertz CT molecular complexity index is 856. The molecule has 3 aromatic rings. The number of nitrogens with one attached hydrogen (secondary N) is 1. The highest BCUT2D eigenvalue weighted by atomic mass is 35.5. The van der Waals surface area contributed by atoms with Gasteiger partial charge in [0.2, 0.25) is 0 Å². The van der Waals surface area contributed by atoms with Crippen molar-refractivity contribution < 1.29 is 0 Å². The van der Waals surface area contributed by atoms with Crippen molar-refractivity contribution in [3.8, 4) is 5.69 Å². The third-order valence-electron chi connectivity index (χ3n) is 3.55. The highest BCUT2D eigenvalue weighted by molar-refractivity contribution is 6.35. The fourth-order valence-electron chi connectivity index (χ4n) is 2.51. The summed E-state index contributed by atoms with van der Waals surface area (Å²) >= 11 is 6.18. The molecule has 7 heteroatoms. The summed E-state index contributed by atoms with van der Waals surface area (Å²) in [5.41, 5.74) is 7.14. The standard InChI is InChI=1S/C15H16ClN5O/c1-2-4-11(17)14-20-12-6-3-5-10(16)13(12)15(22)21(14)9-7-18-19-8-9/h3,5-8,11H,2,4,17H2,1H3,(H,18,19). The van der Waals surface area contributed by atoms with Crippen LogP contribution in [-0.2, 0) is 0 Å². The van der Waals surface area contributed by atoms with Gasteiger partial charge in [0.05, 0.1) is 33.9 Å². The maximum absolute atomic E-state index is 12.9. The quantitative estimate of drug-likeness (QED) is 0.774. The van der Waals surface area contributed by atoms with Crippen LogP contribution in [0, 0.1) is 0 Å². The zero-order valence-electron chi connectivity index (χ0n) is 12.1. The molecule has 114 valence electrons. The summed E-state index contributed by atoms with van der Waals surface area (Å²) in [4.78, 5) is 17.5. The van der Waals surface area contributed by atoms with Crippen molar-refractivity contribution in [1.29, 1.82) is 0 Å². The Hall–Kier alpha value is -2.18. The topological polar surface area (TPSA) is 89.6 Å². The minimum atomic E-state index is -0.337. The van der Waals surface area contributed by atoms with Gasteiger partial charge in [-0.15, -0.1) is 0 Å². The van der Waals surface area contributed by atoms with Gasteiger partial charge in [0.15, 0.2) is 0 Å². The van der Waals surface area contributed by atoms with Crippen molar-refractivity contribution in [2.75, 3.05) is 0 Å². The fraction of sp³-hybridized carbons (Fsp3) is 0.267. The highest BCUT2D eigenvalue weighted by Gasteiger charge is 2.19. The van der Waals surface area contributed by atoms with E-state index in [1.807, 2.05) is 6.92 Å². The molecule has 22 heavy (non-hydrogen) atoms. The summed E-state index contributed by atoms with van der Waals surface area (Å²) in [5.74, 6) is 0.517. The maximum atomic E-state index is 12.9. The van der Waals surface area contributed by atoms with Gasteiger partial charge in [0.25, 0.3) is 5.56 Å². The van der Waals surface area contributed by atoms with Crippen LogP contribution in [0.3, 0.4) is 0 Å². The van der Waals surface area contributed by atoms with Gasteiger partial charge < -0.3 is 5.73 Å². The molecule has 0 fully saturated rings. The molecule has 0 saturated heterocycles. The zero-order valence-corrected chi connectivity index (χ0v) is 12.8. The Kier molecular flexibility index (Phi) is 3.96. The van der Waals surface area contributed by atoms with Gasteiger partial charge in [-0.2, -0.15) is 5.10 Å². The molecule has 3 N–H and O–H groups in total. The lowest BCUT2D eigenvalue weighted by Gasteiger charge is -2.17. The molecular weight excluding hydrogens is 302 g/mol. The highest BCUT2D eigenvalue weighted by Crippen LogP contribution is 2.23. The molecule has 0 bridgehead atoms. The summed E-state index contributed by atoms with van der Waals surface area (Å²) in [7, 11) is 0. The smallest absolute Gasteiger partial charge is 0.267 e. The van der Waals surface area contributed by atoms with Crippen molar-refractivity contribution in [2.45, 2.75) is 25.8 Å². The number of rotatable bonds is 4. The minimum absolute atomic E-state index is 0.237. The SMILES string of the molecule is CCCC(N)c1nc2cccc(Cl)c2c(=O)n1-c1cn[nH]c1. The molecule has 0 amide bonds. The van der Waals surface area contributed by atoms with Crippen LogP contribution in [0.4, 0.5) is 0 Å². The molecule has 0 aliphatic rings. The van der Waals surface area contributed by atoms with E-state index >= 15 is 0 Å². The molecule has 0 radical (unpaired) electrons.